The van der Waals surface area contributed by atoms with Gasteiger partial charge in [0.2, 0.25) is 5.90 Å². The van der Waals surface area contributed by atoms with E-state index in [4.69, 9.17) is 23.7 Å². The van der Waals surface area contributed by atoms with Gasteiger partial charge in [-0.05, 0) is 35.9 Å². The molecule has 1 heterocycles. The van der Waals surface area contributed by atoms with Crippen molar-refractivity contribution in [2.24, 2.45) is 4.99 Å². The minimum atomic E-state index is -0.548. The van der Waals surface area contributed by atoms with Crippen LogP contribution in [0.15, 0.2) is 59.7 Å². The molecular formula is C22H21NO6. The molecule has 2 aromatic rings. The number of ether oxygens (including phenoxy) is 5. The van der Waals surface area contributed by atoms with Crippen LogP contribution in [-0.2, 0) is 9.53 Å². The number of aliphatic imine (C=N–C) groups is 1. The van der Waals surface area contributed by atoms with Gasteiger partial charge in [0, 0.05) is 11.6 Å². The van der Waals surface area contributed by atoms with E-state index < -0.39 is 5.97 Å². The van der Waals surface area contributed by atoms with Crippen molar-refractivity contribution in [3.05, 3.63) is 65.9 Å². The molecule has 150 valence electrons. The third-order valence-electron chi connectivity index (χ3n) is 4.07. The molecule has 1 aliphatic rings. The number of carbonyl (C=O) groups excluding carboxylic acids is 1. The van der Waals surface area contributed by atoms with Crippen LogP contribution in [0.2, 0.25) is 0 Å². The highest BCUT2D eigenvalue weighted by atomic mass is 16.6. The maximum absolute atomic E-state index is 12.3. The van der Waals surface area contributed by atoms with Crippen LogP contribution in [0, 0.1) is 0 Å². The fourth-order valence-electron chi connectivity index (χ4n) is 2.66. The lowest BCUT2D eigenvalue weighted by Gasteiger charge is -2.09. The zero-order valence-electron chi connectivity index (χ0n) is 16.4. The lowest BCUT2D eigenvalue weighted by molar-refractivity contribution is -0.129. The first-order chi connectivity index (χ1) is 14.1. The van der Waals surface area contributed by atoms with Crippen LogP contribution in [0.5, 0.6) is 23.0 Å². The number of cyclic esters (lactones) is 1. The van der Waals surface area contributed by atoms with E-state index in [2.05, 4.69) is 11.6 Å². The van der Waals surface area contributed by atoms with Gasteiger partial charge in [-0.3, -0.25) is 0 Å². The van der Waals surface area contributed by atoms with E-state index in [1.165, 1.54) is 0 Å². The summed E-state index contributed by atoms with van der Waals surface area (Å²) in [6.45, 7) is 3.98. The first-order valence-corrected chi connectivity index (χ1v) is 8.75. The van der Waals surface area contributed by atoms with Gasteiger partial charge < -0.3 is 23.7 Å². The largest absolute Gasteiger partial charge is 0.497 e. The molecule has 0 atom stereocenters. The standard InChI is InChI=1S/C22H21NO6/c1-5-8-28-19-7-6-14(10-20(19)27-4)9-18-22(24)29-21(23-18)15-11-16(25-2)13-17(12-15)26-3/h5-7,9-13H,1,8H2,2-4H3/b18-9-. The average molecular weight is 395 g/mol. The molecular weight excluding hydrogens is 374 g/mol. The molecule has 29 heavy (non-hydrogen) atoms. The van der Waals surface area contributed by atoms with Crippen molar-refractivity contribution >= 4 is 17.9 Å². The summed E-state index contributed by atoms with van der Waals surface area (Å²) in [5, 5.41) is 0. The van der Waals surface area contributed by atoms with Crippen molar-refractivity contribution in [2.75, 3.05) is 27.9 Å². The van der Waals surface area contributed by atoms with E-state index in [1.54, 1.807) is 69.9 Å². The number of esters is 1. The number of rotatable bonds is 8. The monoisotopic (exact) mass is 395 g/mol. The van der Waals surface area contributed by atoms with E-state index in [0.29, 0.717) is 40.7 Å². The van der Waals surface area contributed by atoms with Crippen molar-refractivity contribution < 1.29 is 28.5 Å². The lowest BCUT2D eigenvalue weighted by Crippen LogP contribution is -2.06. The Morgan fingerprint density at radius 3 is 2.34 bits per heavy atom. The van der Waals surface area contributed by atoms with Crippen LogP contribution < -0.4 is 18.9 Å². The van der Waals surface area contributed by atoms with Gasteiger partial charge in [0.25, 0.3) is 0 Å². The molecule has 0 aliphatic carbocycles. The Hall–Kier alpha value is -3.74. The van der Waals surface area contributed by atoms with Crippen molar-refractivity contribution in [3.8, 4) is 23.0 Å². The first-order valence-electron chi connectivity index (χ1n) is 8.75. The topological polar surface area (TPSA) is 75.6 Å². The van der Waals surface area contributed by atoms with Crippen molar-refractivity contribution in [3.63, 3.8) is 0 Å². The Kier molecular flexibility index (Phi) is 6.19. The van der Waals surface area contributed by atoms with Crippen molar-refractivity contribution in [1.29, 1.82) is 0 Å². The van der Waals surface area contributed by atoms with Gasteiger partial charge in [-0.15, -0.1) is 0 Å². The zero-order valence-corrected chi connectivity index (χ0v) is 16.4. The Bertz CT molecular complexity index is 971. The minimum absolute atomic E-state index is 0.170. The Morgan fingerprint density at radius 1 is 1.00 bits per heavy atom. The number of hydrogen-bond acceptors (Lipinski definition) is 7. The summed E-state index contributed by atoms with van der Waals surface area (Å²) in [5.41, 5.74) is 1.46. The molecule has 0 spiro atoms. The second-order valence-corrected chi connectivity index (χ2v) is 5.95. The number of hydrogen-bond donors (Lipinski definition) is 0. The SMILES string of the molecule is C=CCOc1ccc(/C=C2\N=C(c3cc(OC)cc(OC)c3)OC2=O)cc1OC. The Balaban J connectivity index is 1.92. The minimum Gasteiger partial charge on any atom is -0.497 e. The summed E-state index contributed by atoms with van der Waals surface area (Å²) in [6, 6.07) is 10.5. The van der Waals surface area contributed by atoms with E-state index in [0.717, 1.165) is 0 Å². The third kappa shape index (κ3) is 4.57. The molecule has 0 N–H and O–H groups in total. The quantitative estimate of drug-likeness (QED) is 0.386. The summed E-state index contributed by atoms with van der Waals surface area (Å²) in [4.78, 5) is 16.6. The maximum Gasteiger partial charge on any atom is 0.363 e. The summed E-state index contributed by atoms with van der Waals surface area (Å²) in [7, 11) is 4.63. The Labute approximate surface area is 168 Å². The van der Waals surface area contributed by atoms with Crippen LogP contribution in [0.4, 0.5) is 0 Å². The molecule has 0 fully saturated rings. The van der Waals surface area contributed by atoms with Crippen LogP contribution in [0.25, 0.3) is 6.08 Å². The fourth-order valence-corrected chi connectivity index (χ4v) is 2.66. The van der Waals surface area contributed by atoms with Crippen LogP contribution in [0.1, 0.15) is 11.1 Å². The fraction of sp³-hybridized carbons (Fsp3) is 0.182. The molecule has 7 heteroatoms. The second kappa shape index (κ2) is 8.97. The second-order valence-electron chi connectivity index (χ2n) is 5.95. The van der Waals surface area contributed by atoms with Gasteiger partial charge in [-0.25, -0.2) is 9.79 Å². The smallest absolute Gasteiger partial charge is 0.363 e. The first kappa shape index (κ1) is 20.0. The highest BCUT2D eigenvalue weighted by molar-refractivity contribution is 6.13. The number of carbonyl (C=O) groups is 1. The van der Waals surface area contributed by atoms with Gasteiger partial charge in [0.1, 0.15) is 18.1 Å². The van der Waals surface area contributed by atoms with Crippen molar-refractivity contribution in [1.82, 2.24) is 0 Å². The van der Waals surface area contributed by atoms with Crippen LogP contribution >= 0.6 is 0 Å². The normalized spacial score (nSPS) is 14.2. The highest BCUT2D eigenvalue weighted by Gasteiger charge is 2.25. The molecule has 3 rings (SSSR count). The average Bonchev–Trinajstić information content (AvgIpc) is 3.12. The molecule has 0 amide bonds. The highest BCUT2D eigenvalue weighted by Crippen LogP contribution is 2.30. The molecule has 0 saturated heterocycles. The molecule has 0 radical (unpaired) electrons. The summed E-state index contributed by atoms with van der Waals surface area (Å²) in [5.74, 6) is 1.88. The molecule has 1 aliphatic heterocycles. The molecule has 2 aromatic carbocycles. The van der Waals surface area contributed by atoms with E-state index in [1.807, 2.05) is 0 Å². The predicted molar refractivity (Wildman–Crippen MR) is 109 cm³/mol. The van der Waals surface area contributed by atoms with E-state index in [-0.39, 0.29) is 11.6 Å². The number of methoxy groups -OCH3 is 3. The lowest BCUT2D eigenvalue weighted by atomic mass is 10.1. The molecule has 7 nitrogen and oxygen atoms in total. The van der Waals surface area contributed by atoms with E-state index >= 15 is 0 Å². The van der Waals surface area contributed by atoms with Gasteiger partial charge in [-0.2, -0.15) is 0 Å². The van der Waals surface area contributed by atoms with Crippen LogP contribution in [-0.4, -0.2) is 39.8 Å². The zero-order chi connectivity index (χ0) is 20.8. The molecule has 0 saturated carbocycles. The molecule has 0 bridgehead atoms. The van der Waals surface area contributed by atoms with Crippen LogP contribution in [0.3, 0.4) is 0 Å². The van der Waals surface area contributed by atoms with E-state index in [9.17, 15) is 4.79 Å². The van der Waals surface area contributed by atoms with Gasteiger partial charge in [0.15, 0.2) is 17.2 Å². The number of benzene rings is 2. The number of nitrogens with zero attached hydrogens (tertiary/aromatic N) is 1. The maximum atomic E-state index is 12.3. The Morgan fingerprint density at radius 2 is 1.72 bits per heavy atom. The molecule has 0 unspecified atom stereocenters. The third-order valence-corrected chi connectivity index (χ3v) is 4.07. The van der Waals surface area contributed by atoms with Gasteiger partial charge in [0.05, 0.1) is 21.3 Å². The van der Waals surface area contributed by atoms with Gasteiger partial charge >= 0.3 is 5.97 Å². The summed E-state index contributed by atoms with van der Waals surface area (Å²) >= 11 is 0. The van der Waals surface area contributed by atoms with Crippen molar-refractivity contribution in [2.45, 2.75) is 0 Å². The summed E-state index contributed by atoms with van der Waals surface area (Å²) in [6.07, 6.45) is 3.26. The summed E-state index contributed by atoms with van der Waals surface area (Å²) < 4.78 is 26.7. The van der Waals surface area contributed by atoms with Gasteiger partial charge in [-0.1, -0.05) is 18.7 Å². The predicted octanol–water partition coefficient (Wildman–Crippen LogP) is 3.62. The molecule has 0 aromatic heterocycles.